The monoisotopic (exact) mass is 418 g/mol. The van der Waals surface area contributed by atoms with Crippen LogP contribution in [0.2, 0.25) is 5.02 Å². The van der Waals surface area contributed by atoms with E-state index < -0.39 is 4.92 Å². The first-order chi connectivity index (χ1) is 13.9. The first-order valence-corrected chi connectivity index (χ1v) is 9.64. The topological polar surface area (TPSA) is 88.0 Å². The molecule has 1 heterocycles. The molecule has 2 aromatic rings. The van der Waals surface area contributed by atoms with Gasteiger partial charge in [0.25, 0.3) is 5.69 Å². The number of nitrogens with zero attached hydrogens (tertiary/aromatic N) is 3. The Hall–Kier alpha value is -2.68. The molecule has 2 aromatic carbocycles. The van der Waals surface area contributed by atoms with Crippen LogP contribution in [0.25, 0.3) is 0 Å². The summed E-state index contributed by atoms with van der Waals surface area (Å²) in [6.45, 7) is 4.18. The second kappa shape index (κ2) is 9.69. The minimum absolute atomic E-state index is 0.167. The molecule has 0 aromatic heterocycles. The SMILES string of the molecule is COc1ccc(NC(=O)CN2CCN(Cc3cccc(Cl)c3)CC2)c([N+](=O)[O-])c1. The van der Waals surface area contributed by atoms with Crippen LogP contribution in [0.4, 0.5) is 11.4 Å². The maximum atomic E-state index is 12.4. The van der Waals surface area contributed by atoms with Crippen molar-refractivity contribution in [2.75, 3.05) is 45.2 Å². The average molecular weight is 419 g/mol. The highest BCUT2D eigenvalue weighted by Crippen LogP contribution is 2.28. The number of hydrogen-bond donors (Lipinski definition) is 1. The molecule has 1 fully saturated rings. The number of amides is 1. The van der Waals surface area contributed by atoms with Gasteiger partial charge in [-0.2, -0.15) is 0 Å². The quantitative estimate of drug-likeness (QED) is 0.549. The van der Waals surface area contributed by atoms with Gasteiger partial charge in [-0.05, 0) is 29.8 Å². The van der Waals surface area contributed by atoms with Gasteiger partial charge in [-0.25, -0.2) is 0 Å². The molecule has 154 valence electrons. The van der Waals surface area contributed by atoms with Gasteiger partial charge in [-0.3, -0.25) is 24.7 Å². The molecule has 29 heavy (non-hydrogen) atoms. The van der Waals surface area contributed by atoms with E-state index in [2.05, 4.69) is 10.2 Å². The minimum atomic E-state index is -0.535. The number of ether oxygens (including phenoxy) is 1. The van der Waals surface area contributed by atoms with Crippen LogP contribution in [0.15, 0.2) is 42.5 Å². The lowest BCUT2D eigenvalue weighted by Crippen LogP contribution is -2.48. The maximum Gasteiger partial charge on any atom is 0.296 e. The molecule has 0 saturated carbocycles. The number of anilines is 1. The first kappa shape index (κ1) is 21.0. The van der Waals surface area contributed by atoms with Gasteiger partial charge in [0.05, 0.1) is 24.6 Å². The summed E-state index contributed by atoms with van der Waals surface area (Å²) >= 11 is 6.04. The number of hydrogen-bond acceptors (Lipinski definition) is 6. The molecular formula is C20H23ClN4O4. The molecule has 1 amide bonds. The number of halogens is 1. The summed E-state index contributed by atoms with van der Waals surface area (Å²) < 4.78 is 5.01. The van der Waals surface area contributed by atoms with Crippen molar-refractivity contribution in [2.24, 2.45) is 0 Å². The molecule has 8 nitrogen and oxygen atoms in total. The molecule has 9 heteroatoms. The number of methoxy groups -OCH3 is 1. The third-order valence-corrected chi connectivity index (χ3v) is 5.04. The predicted molar refractivity (Wildman–Crippen MR) is 111 cm³/mol. The highest BCUT2D eigenvalue weighted by atomic mass is 35.5. The van der Waals surface area contributed by atoms with Gasteiger partial charge in [0, 0.05) is 37.7 Å². The van der Waals surface area contributed by atoms with E-state index in [0.717, 1.165) is 43.3 Å². The molecule has 1 aliphatic rings. The number of carbonyl (C=O) groups excluding carboxylic acids is 1. The summed E-state index contributed by atoms with van der Waals surface area (Å²) in [7, 11) is 1.43. The highest BCUT2D eigenvalue weighted by molar-refractivity contribution is 6.30. The Morgan fingerprint density at radius 1 is 1.17 bits per heavy atom. The molecule has 1 saturated heterocycles. The lowest BCUT2D eigenvalue weighted by molar-refractivity contribution is -0.384. The second-order valence-electron chi connectivity index (χ2n) is 6.87. The molecule has 1 N–H and O–H groups in total. The van der Waals surface area contributed by atoms with E-state index in [9.17, 15) is 14.9 Å². The van der Waals surface area contributed by atoms with E-state index in [4.69, 9.17) is 16.3 Å². The molecular weight excluding hydrogens is 396 g/mol. The van der Waals surface area contributed by atoms with Gasteiger partial charge in [-0.15, -0.1) is 0 Å². The fourth-order valence-electron chi connectivity index (χ4n) is 3.29. The zero-order valence-corrected chi connectivity index (χ0v) is 16.9. The lowest BCUT2D eigenvalue weighted by atomic mass is 10.2. The Labute approximate surface area is 174 Å². The smallest absolute Gasteiger partial charge is 0.296 e. The van der Waals surface area contributed by atoms with Crippen molar-refractivity contribution in [1.82, 2.24) is 9.80 Å². The minimum Gasteiger partial charge on any atom is -0.496 e. The fraction of sp³-hybridized carbons (Fsp3) is 0.350. The van der Waals surface area contributed by atoms with Crippen LogP contribution in [0.3, 0.4) is 0 Å². The maximum absolute atomic E-state index is 12.4. The van der Waals surface area contributed by atoms with E-state index in [0.29, 0.717) is 5.75 Å². The van der Waals surface area contributed by atoms with Gasteiger partial charge < -0.3 is 10.1 Å². The zero-order chi connectivity index (χ0) is 20.8. The number of rotatable bonds is 7. The van der Waals surface area contributed by atoms with Crippen molar-refractivity contribution in [3.8, 4) is 5.75 Å². The van der Waals surface area contributed by atoms with Gasteiger partial charge in [0.2, 0.25) is 5.91 Å². The standard InChI is InChI=1S/C20H23ClN4O4/c1-29-17-5-6-18(19(12-17)25(27)28)22-20(26)14-24-9-7-23(8-10-24)13-15-3-2-4-16(21)11-15/h2-6,11-12H,7-10,13-14H2,1H3,(H,22,26). The molecule has 1 aliphatic heterocycles. The van der Waals surface area contributed by atoms with Crippen LogP contribution < -0.4 is 10.1 Å². The highest BCUT2D eigenvalue weighted by Gasteiger charge is 2.21. The summed E-state index contributed by atoms with van der Waals surface area (Å²) in [5, 5.41) is 14.6. The van der Waals surface area contributed by atoms with Crippen molar-refractivity contribution >= 4 is 28.9 Å². The van der Waals surface area contributed by atoms with Gasteiger partial charge in [0.15, 0.2) is 0 Å². The third-order valence-electron chi connectivity index (χ3n) is 4.80. The zero-order valence-electron chi connectivity index (χ0n) is 16.1. The summed E-state index contributed by atoms with van der Waals surface area (Å²) in [6.07, 6.45) is 0. The Balaban J connectivity index is 1.50. The van der Waals surface area contributed by atoms with Crippen LogP contribution in [0.1, 0.15) is 5.56 Å². The summed E-state index contributed by atoms with van der Waals surface area (Å²) in [4.78, 5) is 27.4. The molecule has 3 rings (SSSR count). The fourth-order valence-corrected chi connectivity index (χ4v) is 3.50. The normalized spacial score (nSPS) is 15.1. The van der Waals surface area contributed by atoms with E-state index in [1.807, 2.05) is 29.2 Å². The van der Waals surface area contributed by atoms with Crippen LogP contribution in [-0.2, 0) is 11.3 Å². The van der Waals surface area contributed by atoms with Gasteiger partial charge >= 0.3 is 0 Å². The van der Waals surface area contributed by atoms with E-state index in [1.54, 1.807) is 6.07 Å². The third kappa shape index (κ3) is 5.90. The van der Waals surface area contributed by atoms with Crippen molar-refractivity contribution in [3.63, 3.8) is 0 Å². The average Bonchev–Trinajstić information content (AvgIpc) is 2.69. The Bertz CT molecular complexity index is 885. The second-order valence-corrected chi connectivity index (χ2v) is 7.31. The van der Waals surface area contributed by atoms with Crippen LogP contribution in [0, 0.1) is 10.1 Å². The number of nitrogens with one attached hydrogen (secondary N) is 1. The molecule has 0 aliphatic carbocycles. The number of nitro groups is 1. The lowest BCUT2D eigenvalue weighted by Gasteiger charge is -2.34. The summed E-state index contributed by atoms with van der Waals surface area (Å²) in [5.74, 6) is 0.0899. The van der Waals surface area contributed by atoms with Crippen molar-refractivity contribution in [2.45, 2.75) is 6.54 Å². The van der Waals surface area contributed by atoms with E-state index in [-0.39, 0.29) is 23.8 Å². The molecule has 0 spiro atoms. The van der Waals surface area contributed by atoms with Crippen molar-refractivity contribution < 1.29 is 14.5 Å². The number of nitro benzene ring substituents is 1. The molecule has 0 radical (unpaired) electrons. The Morgan fingerprint density at radius 3 is 2.55 bits per heavy atom. The van der Waals surface area contributed by atoms with Crippen LogP contribution >= 0.6 is 11.6 Å². The van der Waals surface area contributed by atoms with Crippen LogP contribution in [-0.4, -0.2) is 60.5 Å². The Morgan fingerprint density at radius 2 is 1.90 bits per heavy atom. The molecule has 0 atom stereocenters. The van der Waals surface area contributed by atoms with Crippen LogP contribution in [0.5, 0.6) is 5.75 Å². The van der Waals surface area contributed by atoms with Crippen molar-refractivity contribution in [3.05, 3.63) is 63.2 Å². The number of benzene rings is 2. The van der Waals surface area contributed by atoms with E-state index >= 15 is 0 Å². The van der Waals surface area contributed by atoms with E-state index in [1.165, 1.54) is 19.2 Å². The molecule has 0 bridgehead atoms. The largest absolute Gasteiger partial charge is 0.496 e. The summed E-state index contributed by atoms with van der Waals surface area (Å²) in [6, 6.07) is 12.2. The van der Waals surface area contributed by atoms with Gasteiger partial charge in [0.1, 0.15) is 11.4 Å². The van der Waals surface area contributed by atoms with Crippen molar-refractivity contribution in [1.29, 1.82) is 0 Å². The predicted octanol–water partition coefficient (Wildman–Crippen LogP) is 3.01. The molecule has 0 unspecified atom stereocenters. The van der Waals surface area contributed by atoms with Gasteiger partial charge in [-0.1, -0.05) is 23.7 Å². The number of piperazine rings is 1. The summed E-state index contributed by atoms with van der Waals surface area (Å²) in [5.41, 5.74) is 1.14. The number of carbonyl (C=O) groups is 1. The Kier molecular flexibility index (Phi) is 7.03. The first-order valence-electron chi connectivity index (χ1n) is 9.26.